The quantitative estimate of drug-likeness (QED) is 0.0674. The van der Waals surface area contributed by atoms with E-state index in [1.165, 1.54) is 65.7 Å². The molecule has 0 atom stereocenters. The fourth-order valence-electron chi connectivity index (χ4n) is 10.2. The van der Waals surface area contributed by atoms with Gasteiger partial charge in [0.1, 0.15) is 37.1 Å². The van der Waals surface area contributed by atoms with Crippen LogP contribution in [0.5, 0.6) is 0 Å². The number of hydrogen-bond acceptors (Lipinski definition) is 0. The molecule has 8 aromatic carbocycles. The molecule has 0 fully saturated rings. The van der Waals surface area contributed by atoms with Crippen LogP contribution < -0.4 is 21.2 Å². The van der Waals surface area contributed by atoms with Gasteiger partial charge >= 0.3 is 44.8 Å². The first-order valence-corrected chi connectivity index (χ1v) is 24.8. The maximum Gasteiger partial charge on any atom is 1.00 e. The molecule has 0 unspecified atom stereocenters. The molecular formula is C61H54Au2P2+2. The molecule has 0 nitrogen and oxygen atoms in total. The van der Waals surface area contributed by atoms with E-state index in [9.17, 15) is 0 Å². The first kappa shape index (κ1) is 49.7. The topological polar surface area (TPSA) is 0 Å². The summed E-state index contributed by atoms with van der Waals surface area (Å²) in [6, 6.07) is 73.9. The van der Waals surface area contributed by atoms with Crippen LogP contribution in [0.3, 0.4) is 0 Å². The van der Waals surface area contributed by atoms with Gasteiger partial charge < -0.3 is 12.8 Å². The molecule has 0 saturated heterocycles. The number of fused-ring (bicyclic) bond motifs is 6. The van der Waals surface area contributed by atoms with Crippen molar-refractivity contribution in [1.82, 2.24) is 0 Å². The molecule has 8 aromatic rings. The van der Waals surface area contributed by atoms with E-state index in [1.54, 1.807) is 0 Å². The molecule has 0 N–H and O–H groups in total. The predicted molar refractivity (Wildman–Crippen MR) is 275 cm³/mol. The van der Waals surface area contributed by atoms with Crippen LogP contribution in [-0.2, 0) is 55.6 Å². The van der Waals surface area contributed by atoms with E-state index in [0.29, 0.717) is 0 Å². The smallest absolute Gasteiger partial charge is 0.366 e. The molecule has 328 valence electrons. The van der Waals surface area contributed by atoms with Gasteiger partial charge in [0.05, 0.1) is 0 Å². The second kappa shape index (κ2) is 21.2. The second-order valence-electron chi connectivity index (χ2n) is 17.9. The molecule has 0 amide bonds. The fourth-order valence-corrected chi connectivity index (χ4v) is 18.6. The standard InChI is InChI=1S/C27H26P2.2C17H13.2Au/c1-27(2,28(23-15-7-3-8-16-23)24-17-9-4-10-18-24)29(25-19-11-5-12-20-25)26-21-13-6-14-22-26;2*1-4-12-8-7-10-14-13-9-5-6-11-15(13)17(2,3)16(12)14;;/h3-22H,1-2H3;2*5-11H,2-3H3;;/q;2*-1;2*+1/p+2. The van der Waals surface area contributed by atoms with Crippen molar-refractivity contribution in [3.05, 3.63) is 252 Å². The van der Waals surface area contributed by atoms with Crippen LogP contribution in [0.15, 0.2) is 206 Å². The van der Waals surface area contributed by atoms with E-state index < -0.39 is 15.8 Å². The molecule has 0 spiro atoms. The molecule has 0 bridgehead atoms. The summed E-state index contributed by atoms with van der Waals surface area (Å²) in [4.78, 5) is 0.154. The Balaban J connectivity index is 0.000000168. The van der Waals surface area contributed by atoms with Crippen LogP contribution in [0.4, 0.5) is 0 Å². The Morgan fingerprint density at radius 1 is 0.354 bits per heavy atom. The predicted octanol–water partition coefficient (Wildman–Crippen LogP) is 13.3. The van der Waals surface area contributed by atoms with Crippen LogP contribution in [-0.4, -0.2) is 4.90 Å². The number of hydrogen-bond donors (Lipinski definition) is 0. The minimum absolute atomic E-state index is 0. The van der Waals surface area contributed by atoms with Crippen molar-refractivity contribution in [1.29, 1.82) is 0 Å². The van der Waals surface area contributed by atoms with Crippen molar-refractivity contribution in [3.63, 3.8) is 0 Å². The van der Waals surface area contributed by atoms with Crippen molar-refractivity contribution in [2.45, 2.75) is 57.3 Å². The van der Waals surface area contributed by atoms with E-state index in [0.717, 1.165) is 11.1 Å². The van der Waals surface area contributed by atoms with Gasteiger partial charge in [-0.3, -0.25) is 11.8 Å². The van der Waals surface area contributed by atoms with Gasteiger partial charge in [-0.25, -0.2) is 0 Å². The largest absolute Gasteiger partial charge is 1.00 e. The Bertz CT molecular complexity index is 2660. The van der Waals surface area contributed by atoms with Gasteiger partial charge in [-0.15, -0.1) is 23.3 Å². The monoisotopic (exact) mass is 1240 g/mol. The minimum atomic E-state index is -1.02. The Morgan fingerprint density at radius 2 is 0.615 bits per heavy atom. The Labute approximate surface area is 422 Å². The van der Waals surface area contributed by atoms with E-state index in [2.05, 4.69) is 235 Å². The first-order valence-electron chi connectivity index (χ1n) is 21.8. The maximum atomic E-state index is 7.45. The van der Waals surface area contributed by atoms with Gasteiger partial charge in [-0.05, 0) is 81.9 Å². The Kier molecular flexibility index (Phi) is 16.2. The third kappa shape index (κ3) is 9.72. The summed E-state index contributed by atoms with van der Waals surface area (Å²) in [5, 5.41) is 5.96. The molecular weight excluding hydrogens is 1190 g/mol. The van der Waals surface area contributed by atoms with Crippen molar-refractivity contribution in [2.75, 3.05) is 0 Å². The fraction of sp³-hybridized carbons (Fsp3) is 0.148. The summed E-state index contributed by atoms with van der Waals surface area (Å²) >= 11 is 0. The summed E-state index contributed by atoms with van der Waals surface area (Å²) in [7, 11) is -2.05. The van der Waals surface area contributed by atoms with Gasteiger partial charge in [0.2, 0.25) is 0 Å². The molecule has 65 heavy (non-hydrogen) atoms. The van der Waals surface area contributed by atoms with E-state index in [-0.39, 0.29) is 60.5 Å². The summed E-state index contributed by atoms with van der Waals surface area (Å²) in [6.45, 7) is 13.9. The Morgan fingerprint density at radius 3 is 0.908 bits per heavy atom. The van der Waals surface area contributed by atoms with E-state index in [4.69, 9.17) is 12.8 Å². The molecule has 2 aliphatic rings. The minimum Gasteiger partial charge on any atom is -0.366 e. The van der Waals surface area contributed by atoms with E-state index in [1.807, 2.05) is 24.3 Å². The summed E-state index contributed by atoms with van der Waals surface area (Å²) in [5.74, 6) is 5.14. The molecule has 4 heteroatoms. The zero-order valence-electron chi connectivity index (χ0n) is 37.7. The van der Waals surface area contributed by atoms with Crippen LogP contribution in [0.25, 0.3) is 22.3 Å². The Hall–Kier alpha value is -4.78. The first-order chi connectivity index (χ1) is 30.5. The maximum absolute atomic E-state index is 7.45. The number of benzene rings is 8. The summed E-state index contributed by atoms with van der Waals surface area (Å²) < 4.78 is 0. The third-order valence-electron chi connectivity index (χ3n) is 12.9. The molecule has 0 aromatic heterocycles. The van der Waals surface area contributed by atoms with Crippen LogP contribution >= 0.6 is 15.8 Å². The normalized spacial score (nSPS) is 13.0. The van der Waals surface area contributed by atoms with Crippen molar-refractivity contribution in [3.8, 4) is 34.1 Å². The van der Waals surface area contributed by atoms with Crippen LogP contribution in [0.1, 0.15) is 74.9 Å². The SMILES string of the molecule is CC(C)([PH+](c1ccccc1)c1ccccc1)[PH+](c1ccccc1)c1ccccc1.[Au+].[Au+].[C-]#Cc1cccc2c1C(C)(C)c1ccccc1-2.[C-]#Cc1cccc2c1C(C)(C)c1ccccc1-2. The van der Waals surface area contributed by atoms with Gasteiger partial charge in [0.15, 0.2) is 4.90 Å². The van der Waals surface area contributed by atoms with E-state index >= 15 is 0 Å². The van der Waals surface area contributed by atoms with Gasteiger partial charge in [0.25, 0.3) is 0 Å². The molecule has 0 saturated carbocycles. The summed E-state index contributed by atoms with van der Waals surface area (Å²) in [6.07, 6.45) is 14.9. The van der Waals surface area contributed by atoms with Crippen molar-refractivity contribution >= 4 is 37.1 Å². The number of rotatable bonds is 6. The zero-order chi connectivity index (χ0) is 44.2. The van der Waals surface area contributed by atoms with Gasteiger partial charge in [0, 0.05) is 24.7 Å². The van der Waals surface area contributed by atoms with Crippen molar-refractivity contribution < 1.29 is 44.8 Å². The van der Waals surface area contributed by atoms with Gasteiger partial charge in [-0.2, -0.15) is 0 Å². The average molecular weight is 1240 g/mol. The summed E-state index contributed by atoms with van der Waals surface area (Å²) in [5.41, 5.74) is 12.0. The third-order valence-corrected chi connectivity index (χ3v) is 20.6. The molecule has 0 aliphatic heterocycles. The zero-order valence-corrected chi connectivity index (χ0v) is 44.1. The van der Waals surface area contributed by atoms with Crippen LogP contribution in [0, 0.1) is 24.7 Å². The molecule has 0 radical (unpaired) electrons. The molecule has 0 heterocycles. The molecule has 10 rings (SSSR count). The second-order valence-corrected chi connectivity index (χ2v) is 24.7. The van der Waals surface area contributed by atoms with Crippen LogP contribution in [0.2, 0.25) is 0 Å². The van der Waals surface area contributed by atoms with Crippen molar-refractivity contribution in [2.24, 2.45) is 0 Å². The molecule has 2 aliphatic carbocycles. The van der Waals surface area contributed by atoms with Gasteiger partial charge in [-0.1, -0.05) is 184 Å². The average Bonchev–Trinajstić information content (AvgIpc) is 3.71.